The third-order valence-corrected chi connectivity index (χ3v) is 12.4. The first-order valence-corrected chi connectivity index (χ1v) is 20.7. The number of pyridine rings is 3. The number of nitrogens with zero attached hydrogens (tertiary/aromatic N) is 3. The van der Waals surface area contributed by atoms with Crippen LogP contribution in [-0.4, -0.2) is 15.0 Å². The van der Waals surface area contributed by atoms with Crippen LogP contribution in [0.25, 0.3) is 132 Å². The molecular formula is C57H33N3O. The molecule has 4 heteroatoms. The second-order valence-corrected chi connectivity index (χ2v) is 15.9. The van der Waals surface area contributed by atoms with E-state index in [4.69, 9.17) is 19.4 Å². The summed E-state index contributed by atoms with van der Waals surface area (Å²) in [5, 5.41) is 12.5. The van der Waals surface area contributed by atoms with E-state index in [1.54, 1.807) is 0 Å². The predicted molar refractivity (Wildman–Crippen MR) is 254 cm³/mol. The van der Waals surface area contributed by atoms with Crippen LogP contribution < -0.4 is 0 Å². The van der Waals surface area contributed by atoms with Gasteiger partial charge in [0.25, 0.3) is 0 Å². The summed E-state index contributed by atoms with van der Waals surface area (Å²) in [6.07, 6.45) is 0. The summed E-state index contributed by atoms with van der Waals surface area (Å²) in [4.78, 5) is 15.6. The van der Waals surface area contributed by atoms with Crippen LogP contribution in [0.4, 0.5) is 0 Å². The molecule has 4 aromatic heterocycles. The van der Waals surface area contributed by atoms with Crippen LogP contribution in [0, 0.1) is 0 Å². The van der Waals surface area contributed by atoms with Gasteiger partial charge >= 0.3 is 0 Å². The molecule has 61 heavy (non-hydrogen) atoms. The van der Waals surface area contributed by atoms with Gasteiger partial charge in [0.2, 0.25) is 0 Å². The molecule has 0 aliphatic rings. The van der Waals surface area contributed by atoms with E-state index in [9.17, 15) is 0 Å². The van der Waals surface area contributed by atoms with Crippen LogP contribution in [0.5, 0.6) is 0 Å². The molecule has 0 radical (unpaired) electrons. The van der Waals surface area contributed by atoms with Crippen molar-refractivity contribution in [2.45, 2.75) is 0 Å². The van der Waals surface area contributed by atoms with Gasteiger partial charge in [0.15, 0.2) is 0 Å². The molecule has 0 atom stereocenters. The highest BCUT2D eigenvalue weighted by Crippen LogP contribution is 2.41. The number of para-hydroxylation sites is 2. The Morgan fingerprint density at radius 2 is 0.902 bits per heavy atom. The zero-order valence-electron chi connectivity index (χ0n) is 32.8. The van der Waals surface area contributed by atoms with Gasteiger partial charge in [-0.05, 0) is 75.1 Å². The lowest BCUT2D eigenvalue weighted by molar-refractivity contribution is 0.673. The van der Waals surface area contributed by atoms with E-state index in [1.165, 1.54) is 27.1 Å². The zero-order chi connectivity index (χ0) is 40.0. The van der Waals surface area contributed by atoms with Crippen LogP contribution >= 0.6 is 0 Å². The van der Waals surface area contributed by atoms with Crippen molar-refractivity contribution < 1.29 is 4.42 Å². The van der Waals surface area contributed by atoms with Crippen molar-refractivity contribution >= 4 is 87.0 Å². The highest BCUT2D eigenvalue weighted by molar-refractivity contribution is 6.24. The highest BCUT2D eigenvalue weighted by atomic mass is 16.3. The number of hydrogen-bond acceptors (Lipinski definition) is 4. The Bertz CT molecular complexity index is 3930. The Kier molecular flexibility index (Phi) is 7.27. The molecule has 4 nitrogen and oxygen atoms in total. The lowest BCUT2D eigenvalue weighted by Crippen LogP contribution is -1.91. The highest BCUT2D eigenvalue weighted by Gasteiger charge is 2.18. The third-order valence-electron chi connectivity index (χ3n) is 12.4. The molecule has 0 amide bonds. The molecule has 4 heterocycles. The molecule has 13 aromatic rings. The summed E-state index contributed by atoms with van der Waals surface area (Å²) >= 11 is 0. The molecule has 13 rings (SSSR count). The van der Waals surface area contributed by atoms with Gasteiger partial charge in [-0.1, -0.05) is 158 Å². The van der Waals surface area contributed by atoms with Crippen molar-refractivity contribution in [2.24, 2.45) is 0 Å². The summed E-state index contributed by atoms with van der Waals surface area (Å²) in [5.74, 6) is 0. The van der Waals surface area contributed by atoms with E-state index in [0.717, 1.165) is 105 Å². The monoisotopic (exact) mass is 775 g/mol. The Balaban J connectivity index is 0.876. The number of fused-ring (bicyclic) bond motifs is 13. The zero-order valence-corrected chi connectivity index (χ0v) is 32.8. The molecule has 0 bridgehead atoms. The predicted octanol–water partition coefficient (Wildman–Crippen LogP) is 15.4. The van der Waals surface area contributed by atoms with E-state index < -0.39 is 0 Å². The van der Waals surface area contributed by atoms with Gasteiger partial charge in [-0.2, -0.15) is 0 Å². The van der Waals surface area contributed by atoms with Crippen molar-refractivity contribution in [3.63, 3.8) is 0 Å². The topological polar surface area (TPSA) is 51.8 Å². The van der Waals surface area contributed by atoms with Gasteiger partial charge in [0.05, 0.1) is 33.6 Å². The van der Waals surface area contributed by atoms with E-state index in [0.29, 0.717) is 0 Å². The number of aromatic nitrogens is 3. The standard InChI is InChI=1S/C57H33N3O/c1-2-8-36(9-3-1)49-30-25-38-20-21-39-26-31-50(59-56(39)55(38)58-49)42-24-27-43-41(32-42)23-17-35-16-22-40(33-48(35)43)34-14-18-37(19-15-34)54-47-29-28-45-44-10-5-7-13-52(44)61-57(45)53(47)46-11-4-6-12-51(46)60-54/h1-33H. The minimum Gasteiger partial charge on any atom is -0.455 e. The summed E-state index contributed by atoms with van der Waals surface area (Å²) in [6, 6.07) is 70.9. The minimum atomic E-state index is 0.895. The van der Waals surface area contributed by atoms with E-state index in [2.05, 4.69) is 170 Å². The maximum atomic E-state index is 6.55. The molecule has 282 valence electrons. The van der Waals surface area contributed by atoms with Crippen LogP contribution in [-0.2, 0) is 0 Å². The van der Waals surface area contributed by atoms with Gasteiger partial charge in [0.1, 0.15) is 11.2 Å². The van der Waals surface area contributed by atoms with Crippen LogP contribution in [0.3, 0.4) is 0 Å². The average Bonchev–Trinajstić information content (AvgIpc) is 3.72. The number of benzene rings is 9. The first-order chi connectivity index (χ1) is 30.2. The Morgan fingerprint density at radius 3 is 1.72 bits per heavy atom. The second-order valence-electron chi connectivity index (χ2n) is 15.9. The first-order valence-electron chi connectivity index (χ1n) is 20.7. The third kappa shape index (κ3) is 5.36. The van der Waals surface area contributed by atoms with E-state index in [-0.39, 0.29) is 0 Å². The Morgan fingerprint density at radius 1 is 0.311 bits per heavy atom. The maximum Gasteiger partial charge on any atom is 0.144 e. The molecule has 0 spiro atoms. The van der Waals surface area contributed by atoms with E-state index in [1.807, 2.05) is 30.3 Å². The summed E-state index contributed by atoms with van der Waals surface area (Å²) in [7, 11) is 0. The molecule has 9 aromatic carbocycles. The van der Waals surface area contributed by atoms with Crippen molar-refractivity contribution in [2.75, 3.05) is 0 Å². The maximum absolute atomic E-state index is 6.55. The Hall–Kier alpha value is -8.21. The van der Waals surface area contributed by atoms with Gasteiger partial charge in [-0.3, -0.25) is 0 Å². The second kappa shape index (κ2) is 13.2. The Labute approximate surface area is 350 Å². The molecular weight excluding hydrogens is 743 g/mol. The fourth-order valence-electron chi connectivity index (χ4n) is 9.35. The van der Waals surface area contributed by atoms with Crippen molar-refractivity contribution in [1.82, 2.24) is 15.0 Å². The average molecular weight is 776 g/mol. The smallest absolute Gasteiger partial charge is 0.144 e. The molecule has 0 fully saturated rings. The lowest BCUT2D eigenvalue weighted by atomic mass is 9.94. The minimum absolute atomic E-state index is 0.895. The molecule has 0 aliphatic heterocycles. The summed E-state index contributed by atoms with van der Waals surface area (Å²) in [5.41, 5.74) is 13.0. The largest absolute Gasteiger partial charge is 0.455 e. The SMILES string of the molecule is c1ccc(-c2ccc3ccc4ccc(-c5ccc6c(ccc7ccc(-c8ccc(-c9nc%10ccccc%10c%10c9ccc9c%11ccccc%11oc9%10)cc8)cc76)c5)nc4c3n2)cc1. The van der Waals surface area contributed by atoms with E-state index >= 15 is 0 Å². The van der Waals surface area contributed by atoms with Gasteiger partial charge < -0.3 is 4.42 Å². The number of rotatable bonds is 4. The van der Waals surface area contributed by atoms with Crippen LogP contribution in [0.2, 0.25) is 0 Å². The normalized spacial score (nSPS) is 11.9. The number of hydrogen-bond donors (Lipinski definition) is 0. The summed E-state index contributed by atoms with van der Waals surface area (Å²) < 4.78 is 6.55. The molecule has 0 aliphatic carbocycles. The van der Waals surface area contributed by atoms with Crippen LogP contribution in [0.1, 0.15) is 0 Å². The molecule has 0 N–H and O–H groups in total. The van der Waals surface area contributed by atoms with Crippen molar-refractivity contribution in [3.8, 4) is 44.9 Å². The molecule has 0 saturated carbocycles. The van der Waals surface area contributed by atoms with Gasteiger partial charge in [0, 0.05) is 54.4 Å². The van der Waals surface area contributed by atoms with Crippen LogP contribution in [0.15, 0.2) is 205 Å². The number of furan rings is 1. The van der Waals surface area contributed by atoms with Gasteiger partial charge in [-0.15, -0.1) is 0 Å². The fourth-order valence-corrected chi connectivity index (χ4v) is 9.35. The lowest BCUT2D eigenvalue weighted by Gasteiger charge is -2.12. The quantitative estimate of drug-likeness (QED) is 0.167. The molecule has 0 saturated heterocycles. The summed E-state index contributed by atoms with van der Waals surface area (Å²) in [6.45, 7) is 0. The van der Waals surface area contributed by atoms with Crippen molar-refractivity contribution in [3.05, 3.63) is 200 Å². The molecule has 0 unspecified atom stereocenters. The van der Waals surface area contributed by atoms with Crippen molar-refractivity contribution in [1.29, 1.82) is 0 Å². The fraction of sp³-hybridized carbons (Fsp3) is 0. The first kappa shape index (κ1) is 33.7. The van der Waals surface area contributed by atoms with Gasteiger partial charge in [-0.25, -0.2) is 15.0 Å².